The number of aromatic nitrogens is 1. The SMILES string of the molecule is CCOC(=O)/C=C\Sc1c(NCc2ccc(Cl)c(Cl)c2)c(C(=O)OCC)cn1-c1ccccc1. The number of halogens is 2. The van der Waals surface area contributed by atoms with Crippen LogP contribution in [0.2, 0.25) is 10.0 Å². The largest absolute Gasteiger partial charge is 0.463 e. The van der Waals surface area contributed by atoms with E-state index < -0.39 is 11.9 Å². The van der Waals surface area contributed by atoms with Crippen LogP contribution in [0.3, 0.4) is 0 Å². The van der Waals surface area contributed by atoms with Gasteiger partial charge in [-0.3, -0.25) is 0 Å². The van der Waals surface area contributed by atoms with Gasteiger partial charge in [-0.05, 0) is 49.1 Å². The molecule has 1 N–H and O–H groups in total. The normalized spacial score (nSPS) is 10.9. The lowest BCUT2D eigenvalue weighted by atomic mass is 10.2. The van der Waals surface area contributed by atoms with Crippen LogP contribution in [0.4, 0.5) is 5.69 Å². The summed E-state index contributed by atoms with van der Waals surface area (Å²) in [7, 11) is 0. The molecule has 3 rings (SSSR count). The first kappa shape index (κ1) is 25.7. The highest BCUT2D eigenvalue weighted by Crippen LogP contribution is 2.37. The highest BCUT2D eigenvalue weighted by atomic mass is 35.5. The van der Waals surface area contributed by atoms with Crippen LogP contribution in [0.15, 0.2) is 71.2 Å². The van der Waals surface area contributed by atoms with Gasteiger partial charge in [0.1, 0.15) is 10.6 Å². The summed E-state index contributed by atoms with van der Waals surface area (Å²) < 4.78 is 12.1. The predicted molar refractivity (Wildman–Crippen MR) is 137 cm³/mol. The number of esters is 2. The molecule has 0 saturated heterocycles. The van der Waals surface area contributed by atoms with Gasteiger partial charge in [-0.1, -0.05) is 59.2 Å². The van der Waals surface area contributed by atoms with Crippen LogP contribution < -0.4 is 5.32 Å². The molecule has 0 spiro atoms. The smallest absolute Gasteiger partial charge is 0.341 e. The molecule has 6 nitrogen and oxygen atoms in total. The lowest BCUT2D eigenvalue weighted by Crippen LogP contribution is -2.08. The van der Waals surface area contributed by atoms with Crippen molar-refractivity contribution in [3.63, 3.8) is 0 Å². The maximum Gasteiger partial charge on any atom is 0.341 e. The summed E-state index contributed by atoms with van der Waals surface area (Å²) in [5, 5.41) is 6.59. The van der Waals surface area contributed by atoms with Crippen molar-refractivity contribution in [1.29, 1.82) is 0 Å². The molecule has 1 heterocycles. The summed E-state index contributed by atoms with van der Waals surface area (Å²) >= 11 is 13.5. The molecule has 0 unspecified atom stereocenters. The average Bonchev–Trinajstić information content (AvgIpc) is 3.19. The first-order valence-corrected chi connectivity index (χ1v) is 12.2. The molecule has 0 radical (unpaired) electrons. The Labute approximate surface area is 212 Å². The zero-order valence-electron chi connectivity index (χ0n) is 18.7. The third-order valence-electron chi connectivity index (χ3n) is 4.61. The molecular weight excluding hydrogens is 495 g/mol. The standard InChI is InChI=1S/C25H24Cl2N2O4S/c1-3-32-22(30)12-13-34-24-23(28-15-17-10-11-20(26)21(27)14-17)19(25(31)33-4-2)16-29(24)18-8-6-5-7-9-18/h5-14,16,28H,3-4,15H2,1-2H3/b13-12-. The molecule has 3 aromatic rings. The Kier molecular flexibility index (Phi) is 9.51. The van der Waals surface area contributed by atoms with Gasteiger partial charge < -0.3 is 19.4 Å². The van der Waals surface area contributed by atoms with Gasteiger partial charge in [0.15, 0.2) is 0 Å². The molecule has 0 aliphatic carbocycles. The fraction of sp³-hybridized carbons (Fsp3) is 0.200. The van der Waals surface area contributed by atoms with E-state index in [4.69, 9.17) is 32.7 Å². The van der Waals surface area contributed by atoms with Crippen molar-refractivity contribution in [3.8, 4) is 5.69 Å². The van der Waals surface area contributed by atoms with E-state index in [1.807, 2.05) is 41.0 Å². The Morgan fingerprint density at radius 2 is 1.76 bits per heavy atom. The van der Waals surface area contributed by atoms with Gasteiger partial charge in [0, 0.05) is 24.5 Å². The second-order valence-electron chi connectivity index (χ2n) is 6.92. The van der Waals surface area contributed by atoms with Gasteiger partial charge in [-0.15, -0.1) is 0 Å². The van der Waals surface area contributed by atoms with E-state index in [-0.39, 0.29) is 13.2 Å². The van der Waals surface area contributed by atoms with E-state index in [0.717, 1.165) is 11.3 Å². The number of benzene rings is 2. The second-order valence-corrected chi connectivity index (χ2v) is 8.63. The molecule has 0 atom stereocenters. The number of ether oxygens (including phenoxy) is 2. The van der Waals surface area contributed by atoms with Crippen LogP contribution in [0.5, 0.6) is 0 Å². The van der Waals surface area contributed by atoms with Crippen molar-refractivity contribution < 1.29 is 19.1 Å². The van der Waals surface area contributed by atoms with Gasteiger partial charge in [-0.2, -0.15) is 0 Å². The van der Waals surface area contributed by atoms with Crippen LogP contribution in [0, 0.1) is 0 Å². The Morgan fingerprint density at radius 3 is 2.44 bits per heavy atom. The maximum atomic E-state index is 12.8. The van der Waals surface area contributed by atoms with Crippen LogP contribution in [-0.2, 0) is 20.8 Å². The zero-order valence-corrected chi connectivity index (χ0v) is 21.0. The van der Waals surface area contributed by atoms with Crippen molar-refractivity contribution >= 4 is 52.6 Å². The van der Waals surface area contributed by atoms with Gasteiger partial charge in [0.05, 0.1) is 28.9 Å². The van der Waals surface area contributed by atoms with E-state index in [0.29, 0.717) is 32.9 Å². The molecule has 0 aliphatic heterocycles. The number of nitrogens with zero attached hydrogens (tertiary/aromatic N) is 1. The highest BCUT2D eigenvalue weighted by Gasteiger charge is 2.23. The first-order valence-electron chi connectivity index (χ1n) is 10.6. The molecule has 0 bridgehead atoms. The number of hydrogen-bond donors (Lipinski definition) is 1. The van der Waals surface area contributed by atoms with E-state index in [2.05, 4.69) is 5.32 Å². The number of para-hydroxylation sites is 1. The fourth-order valence-electron chi connectivity index (χ4n) is 3.10. The van der Waals surface area contributed by atoms with E-state index in [1.165, 1.54) is 17.8 Å². The Bertz CT molecular complexity index is 1180. The molecule has 2 aromatic carbocycles. The van der Waals surface area contributed by atoms with Crippen LogP contribution >= 0.6 is 35.0 Å². The third-order valence-corrected chi connectivity index (χ3v) is 6.25. The van der Waals surface area contributed by atoms with Crippen molar-refractivity contribution in [2.24, 2.45) is 0 Å². The van der Waals surface area contributed by atoms with E-state index in [1.54, 1.807) is 37.6 Å². The molecule has 0 fully saturated rings. The summed E-state index contributed by atoms with van der Waals surface area (Å²) in [5.74, 6) is -0.895. The van der Waals surface area contributed by atoms with Crippen LogP contribution in [0.25, 0.3) is 5.69 Å². The van der Waals surface area contributed by atoms with Gasteiger partial charge >= 0.3 is 11.9 Å². The van der Waals surface area contributed by atoms with Gasteiger partial charge in [-0.25, -0.2) is 9.59 Å². The summed E-state index contributed by atoms with van der Waals surface area (Å²) in [5.41, 5.74) is 2.68. The predicted octanol–water partition coefficient (Wildman–Crippen LogP) is 6.74. The maximum absolute atomic E-state index is 12.8. The number of carbonyl (C=O) groups is 2. The summed E-state index contributed by atoms with van der Waals surface area (Å²) in [6, 6.07) is 14.9. The number of thioether (sulfide) groups is 1. The van der Waals surface area contributed by atoms with Gasteiger partial charge in [0.2, 0.25) is 0 Å². The first-order chi connectivity index (χ1) is 16.4. The van der Waals surface area contributed by atoms with Gasteiger partial charge in [0.25, 0.3) is 0 Å². The molecule has 34 heavy (non-hydrogen) atoms. The Morgan fingerprint density at radius 1 is 1.03 bits per heavy atom. The average molecular weight is 519 g/mol. The topological polar surface area (TPSA) is 69.6 Å². The second kappa shape index (κ2) is 12.6. The molecule has 0 aliphatic rings. The van der Waals surface area contributed by atoms with Crippen molar-refractivity contribution in [3.05, 3.63) is 87.4 Å². The monoisotopic (exact) mass is 518 g/mol. The highest BCUT2D eigenvalue weighted by molar-refractivity contribution is 8.02. The summed E-state index contributed by atoms with van der Waals surface area (Å²) in [6.45, 7) is 4.42. The Hall–Kier alpha value is -2.87. The van der Waals surface area contributed by atoms with E-state index >= 15 is 0 Å². The minimum atomic E-state index is -0.454. The minimum absolute atomic E-state index is 0.243. The molecule has 9 heteroatoms. The molecule has 178 valence electrons. The van der Waals surface area contributed by atoms with Crippen molar-refractivity contribution in [2.45, 2.75) is 25.4 Å². The van der Waals surface area contributed by atoms with E-state index in [9.17, 15) is 9.59 Å². The molecule has 0 saturated carbocycles. The summed E-state index contributed by atoms with van der Waals surface area (Å²) in [4.78, 5) is 24.6. The number of rotatable bonds is 10. The molecule has 0 amide bonds. The molecular formula is C25H24Cl2N2O4S. The lowest BCUT2D eigenvalue weighted by molar-refractivity contribution is -0.137. The Balaban J connectivity index is 2.04. The quantitative estimate of drug-likeness (QED) is 0.182. The minimum Gasteiger partial charge on any atom is -0.463 e. The fourth-order valence-corrected chi connectivity index (χ4v) is 4.30. The number of anilines is 1. The van der Waals surface area contributed by atoms with Crippen LogP contribution in [-0.4, -0.2) is 29.7 Å². The number of nitrogens with one attached hydrogen (secondary N) is 1. The third kappa shape index (κ3) is 6.59. The molecule has 1 aromatic heterocycles. The van der Waals surface area contributed by atoms with Crippen LogP contribution in [0.1, 0.15) is 29.8 Å². The number of hydrogen-bond acceptors (Lipinski definition) is 6. The number of carbonyl (C=O) groups excluding carboxylic acids is 2. The van der Waals surface area contributed by atoms with Crippen molar-refractivity contribution in [2.75, 3.05) is 18.5 Å². The lowest BCUT2D eigenvalue weighted by Gasteiger charge is -2.12. The van der Waals surface area contributed by atoms with Crippen molar-refractivity contribution in [1.82, 2.24) is 4.57 Å². The zero-order chi connectivity index (χ0) is 24.5. The summed E-state index contributed by atoms with van der Waals surface area (Å²) in [6.07, 6.45) is 3.08.